The van der Waals surface area contributed by atoms with E-state index in [0.717, 1.165) is 15.9 Å². The molecule has 8 heteroatoms. The molecule has 2 heterocycles. The number of nitrogens with one attached hydrogen (secondary N) is 1. The van der Waals surface area contributed by atoms with E-state index in [4.69, 9.17) is 9.31 Å². The Labute approximate surface area is 159 Å². The van der Waals surface area contributed by atoms with Crippen molar-refractivity contribution in [1.29, 1.82) is 0 Å². The summed E-state index contributed by atoms with van der Waals surface area (Å²) in [4.78, 5) is 36.7. The van der Waals surface area contributed by atoms with E-state index in [1.807, 2.05) is 52.0 Å². The van der Waals surface area contributed by atoms with Crippen LogP contribution >= 0.6 is 0 Å². The lowest BCUT2D eigenvalue weighted by Crippen LogP contribution is -2.59. The van der Waals surface area contributed by atoms with Crippen molar-refractivity contribution in [2.75, 3.05) is 6.54 Å². The highest BCUT2D eigenvalue weighted by molar-refractivity contribution is 6.62. The van der Waals surface area contributed by atoms with Gasteiger partial charge in [-0.2, -0.15) is 0 Å². The lowest BCUT2D eigenvalue weighted by atomic mass is 9.78. The molecule has 1 N–H and O–H groups in total. The SMILES string of the molecule is CC(=O)N1CC(=O)NC(Cc2ccc(B3OC(C)(C)C(C)(C)O3)cc2)C1=O. The molecule has 2 aliphatic rings. The smallest absolute Gasteiger partial charge is 0.399 e. The summed E-state index contributed by atoms with van der Waals surface area (Å²) in [7, 11) is -0.451. The molecule has 0 spiro atoms. The third-order valence-corrected chi connectivity index (χ3v) is 5.53. The van der Waals surface area contributed by atoms with E-state index in [9.17, 15) is 14.4 Å². The van der Waals surface area contributed by atoms with Crippen molar-refractivity contribution in [3.05, 3.63) is 29.8 Å². The van der Waals surface area contributed by atoms with Gasteiger partial charge in [-0.1, -0.05) is 24.3 Å². The van der Waals surface area contributed by atoms with Crippen molar-refractivity contribution in [2.45, 2.75) is 58.3 Å². The molecule has 7 nitrogen and oxygen atoms in total. The van der Waals surface area contributed by atoms with Crippen LogP contribution in [0.4, 0.5) is 0 Å². The third kappa shape index (κ3) is 3.77. The Bertz CT molecular complexity index is 759. The van der Waals surface area contributed by atoms with Crippen molar-refractivity contribution < 1.29 is 23.7 Å². The van der Waals surface area contributed by atoms with Gasteiger partial charge >= 0.3 is 7.12 Å². The van der Waals surface area contributed by atoms with Gasteiger partial charge in [-0.05, 0) is 38.7 Å². The highest BCUT2D eigenvalue weighted by atomic mass is 16.7. The normalized spacial score (nSPS) is 24.1. The van der Waals surface area contributed by atoms with Gasteiger partial charge in [-0.15, -0.1) is 0 Å². The first kappa shape index (κ1) is 19.6. The average molecular weight is 372 g/mol. The summed E-state index contributed by atoms with van der Waals surface area (Å²) in [6, 6.07) is 6.82. The highest BCUT2D eigenvalue weighted by Gasteiger charge is 2.51. The number of amides is 3. The number of benzene rings is 1. The molecule has 1 atom stereocenters. The maximum Gasteiger partial charge on any atom is 0.494 e. The molecule has 2 fully saturated rings. The molecule has 3 amide bonds. The average Bonchev–Trinajstić information content (AvgIpc) is 2.79. The Morgan fingerprint density at radius 1 is 1.15 bits per heavy atom. The molecule has 2 saturated heterocycles. The largest absolute Gasteiger partial charge is 0.494 e. The van der Waals surface area contributed by atoms with Crippen LogP contribution in [0.1, 0.15) is 40.2 Å². The second-order valence-electron chi connectivity index (χ2n) is 8.10. The lowest BCUT2D eigenvalue weighted by Gasteiger charge is -2.32. The Morgan fingerprint density at radius 3 is 2.22 bits per heavy atom. The number of carbonyl (C=O) groups is 3. The highest BCUT2D eigenvalue weighted by Crippen LogP contribution is 2.36. The summed E-state index contributed by atoms with van der Waals surface area (Å²) in [6.45, 7) is 9.07. The van der Waals surface area contributed by atoms with Gasteiger partial charge in [0.05, 0.1) is 11.2 Å². The molecule has 0 saturated carbocycles. The van der Waals surface area contributed by atoms with Crippen LogP contribution in [-0.4, -0.2) is 53.5 Å². The van der Waals surface area contributed by atoms with Gasteiger partial charge in [0.25, 0.3) is 5.91 Å². The minimum Gasteiger partial charge on any atom is -0.399 e. The molecule has 1 aromatic carbocycles. The molecule has 0 aromatic heterocycles. The summed E-state index contributed by atoms with van der Waals surface area (Å²) in [6.07, 6.45) is 0.317. The topological polar surface area (TPSA) is 84.9 Å². The Hall–Kier alpha value is -2.19. The van der Waals surface area contributed by atoms with Gasteiger partial charge in [-0.25, -0.2) is 0 Å². The first-order chi connectivity index (χ1) is 12.5. The molecule has 3 rings (SSSR count). The van der Waals surface area contributed by atoms with Crippen LogP contribution in [0.5, 0.6) is 0 Å². The molecule has 0 bridgehead atoms. The standard InChI is InChI=1S/C19H25BN2O5/c1-12(23)22-11-16(24)21-15(17(22)25)10-13-6-8-14(9-7-13)20-26-18(2,3)19(4,5)27-20/h6-9,15H,10-11H2,1-5H3,(H,21,24). The number of hydrogen-bond donors (Lipinski definition) is 1. The van der Waals surface area contributed by atoms with Gasteiger partial charge in [0.1, 0.15) is 12.6 Å². The Morgan fingerprint density at radius 2 is 1.70 bits per heavy atom. The summed E-state index contributed by atoms with van der Waals surface area (Å²) in [5.41, 5.74) is 0.942. The molecule has 0 radical (unpaired) electrons. The molecular formula is C19H25BN2O5. The summed E-state index contributed by atoms with van der Waals surface area (Å²) in [5, 5.41) is 2.66. The number of piperazine rings is 1. The van der Waals surface area contributed by atoms with Gasteiger partial charge in [-0.3, -0.25) is 19.3 Å². The van der Waals surface area contributed by atoms with Crippen LogP contribution in [-0.2, 0) is 30.1 Å². The number of hydrogen-bond acceptors (Lipinski definition) is 5. The van der Waals surface area contributed by atoms with E-state index in [2.05, 4.69) is 5.32 Å². The van der Waals surface area contributed by atoms with Gasteiger partial charge in [0, 0.05) is 13.3 Å². The summed E-state index contributed by atoms with van der Waals surface area (Å²) in [5.74, 6) is -1.13. The van der Waals surface area contributed by atoms with Crippen LogP contribution in [0, 0.1) is 0 Å². The predicted octanol–water partition coefficient (Wildman–Crippen LogP) is 0.402. The first-order valence-corrected chi connectivity index (χ1v) is 9.06. The second-order valence-corrected chi connectivity index (χ2v) is 8.10. The number of carbonyl (C=O) groups excluding carboxylic acids is 3. The van der Waals surface area contributed by atoms with Crippen molar-refractivity contribution in [2.24, 2.45) is 0 Å². The minimum atomic E-state index is -0.738. The van der Waals surface area contributed by atoms with E-state index in [-0.39, 0.29) is 18.4 Å². The van der Waals surface area contributed by atoms with E-state index >= 15 is 0 Å². The zero-order chi connectivity index (χ0) is 20.0. The first-order valence-electron chi connectivity index (χ1n) is 9.06. The van der Waals surface area contributed by atoms with Crippen LogP contribution < -0.4 is 10.8 Å². The second kappa shape index (κ2) is 6.76. The van der Waals surface area contributed by atoms with Crippen LogP contribution in [0.15, 0.2) is 24.3 Å². The Kier molecular flexibility index (Phi) is 4.90. The van der Waals surface area contributed by atoms with Crippen LogP contribution in [0.3, 0.4) is 0 Å². The van der Waals surface area contributed by atoms with E-state index < -0.39 is 30.3 Å². The number of nitrogens with zero attached hydrogens (tertiary/aromatic N) is 1. The van der Waals surface area contributed by atoms with Crippen molar-refractivity contribution >= 4 is 30.3 Å². The van der Waals surface area contributed by atoms with Crippen LogP contribution in [0.25, 0.3) is 0 Å². The zero-order valence-electron chi connectivity index (χ0n) is 16.4. The molecule has 2 aliphatic heterocycles. The molecule has 0 aliphatic carbocycles. The minimum absolute atomic E-state index is 0.217. The fourth-order valence-electron chi connectivity index (χ4n) is 3.14. The maximum atomic E-state index is 12.4. The van der Waals surface area contributed by atoms with Gasteiger partial charge in [0.15, 0.2) is 0 Å². The van der Waals surface area contributed by atoms with E-state index in [0.29, 0.717) is 6.42 Å². The van der Waals surface area contributed by atoms with Crippen LogP contribution in [0.2, 0.25) is 0 Å². The fourth-order valence-corrected chi connectivity index (χ4v) is 3.14. The summed E-state index contributed by atoms with van der Waals surface area (Å²) >= 11 is 0. The van der Waals surface area contributed by atoms with E-state index in [1.54, 1.807) is 0 Å². The fraction of sp³-hybridized carbons (Fsp3) is 0.526. The number of imide groups is 1. The maximum absolute atomic E-state index is 12.4. The summed E-state index contributed by atoms with van der Waals surface area (Å²) < 4.78 is 12.1. The van der Waals surface area contributed by atoms with Crippen molar-refractivity contribution in [1.82, 2.24) is 10.2 Å². The molecule has 1 aromatic rings. The van der Waals surface area contributed by atoms with Gasteiger partial charge < -0.3 is 14.6 Å². The Balaban J connectivity index is 1.70. The number of rotatable bonds is 3. The van der Waals surface area contributed by atoms with Gasteiger partial charge in [0.2, 0.25) is 11.8 Å². The zero-order valence-corrected chi connectivity index (χ0v) is 16.4. The quantitative estimate of drug-likeness (QED) is 0.777. The monoisotopic (exact) mass is 372 g/mol. The van der Waals surface area contributed by atoms with Crippen molar-refractivity contribution in [3.8, 4) is 0 Å². The third-order valence-electron chi connectivity index (χ3n) is 5.53. The molecule has 27 heavy (non-hydrogen) atoms. The molecular weight excluding hydrogens is 347 g/mol. The lowest BCUT2D eigenvalue weighted by molar-refractivity contribution is -0.152. The molecule has 1 unspecified atom stereocenters. The molecule has 144 valence electrons. The van der Waals surface area contributed by atoms with E-state index in [1.165, 1.54) is 6.92 Å². The predicted molar refractivity (Wildman–Crippen MR) is 100 cm³/mol. The van der Waals surface area contributed by atoms with Crippen molar-refractivity contribution in [3.63, 3.8) is 0 Å².